The smallest absolute Gasteiger partial charge is 0.146 e. The Morgan fingerprint density at radius 2 is 1.02 bits per heavy atom. The van der Waals surface area contributed by atoms with Crippen LogP contribution >= 0.6 is 0 Å². The van der Waals surface area contributed by atoms with Gasteiger partial charge < -0.3 is 8.97 Å². The number of pyridine rings is 1. The molecule has 0 saturated carbocycles. The van der Waals surface area contributed by atoms with Gasteiger partial charge in [-0.15, -0.1) is 0 Å². The first-order chi connectivity index (χ1) is 29.3. The van der Waals surface area contributed by atoms with E-state index in [2.05, 4.69) is 195 Å². The molecular weight excluding hydrogens is 717 g/mol. The third kappa shape index (κ3) is 3.60. The highest BCUT2D eigenvalue weighted by molar-refractivity contribution is 6.34. The van der Waals surface area contributed by atoms with Crippen LogP contribution in [0.5, 0.6) is 0 Å². The molecule has 0 saturated heterocycles. The standard InChI is InChI=1S/C55H30N4/c1-2-14-34(15-3-1)57-46-23-9-8-18-38(46)43-28-33(25-27-47(43)57)37-19-10-20-39-40-21-11-22-41-44-30-48-50(56-55(44)59(51(37)39)53(40)41)45-29-32-13-5-6-16-35(32)49-42-26-24-31-12-4-7-17-36(31)52(42)58(48)54(45)49/h1-30H. The summed E-state index contributed by atoms with van der Waals surface area (Å²) in [5.41, 5.74) is 14.1. The minimum atomic E-state index is 1.00. The van der Waals surface area contributed by atoms with Crippen LogP contribution in [0.1, 0.15) is 0 Å². The Kier molecular flexibility index (Phi) is 5.38. The van der Waals surface area contributed by atoms with Gasteiger partial charge in [0.2, 0.25) is 0 Å². The summed E-state index contributed by atoms with van der Waals surface area (Å²) in [5.74, 6) is 0. The average molecular weight is 747 g/mol. The maximum absolute atomic E-state index is 5.80. The van der Waals surface area contributed by atoms with Gasteiger partial charge in [0.1, 0.15) is 5.65 Å². The predicted molar refractivity (Wildman–Crippen MR) is 248 cm³/mol. The first-order valence-electron chi connectivity index (χ1n) is 20.4. The summed E-state index contributed by atoms with van der Waals surface area (Å²) in [4.78, 5) is 5.80. The van der Waals surface area contributed by atoms with Crippen molar-refractivity contribution < 1.29 is 0 Å². The maximum atomic E-state index is 5.80. The van der Waals surface area contributed by atoms with Crippen molar-refractivity contribution in [3.05, 3.63) is 182 Å². The Labute approximate surface area is 335 Å². The lowest BCUT2D eigenvalue weighted by Gasteiger charge is -2.09. The third-order valence-electron chi connectivity index (χ3n) is 13.4. The van der Waals surface area contributed by atoms with Crippen molar-refractivity contribution in [3.63, 3.8) is 0 Å². The van der Waals surface area contributed by atoms with Gasteiger partial charge in [0.15, 0.2) is 0 Å². The zero-order chi connectivity index (χ0) is 38.1. The summed E-state index contributed by atoms with van der Waals surface area (Å²) in [6.07, 6.45) is 0. The quantitative estimate of drug-likeness (QED) is 0.173. The fourth-order valence-electron chi connectivity index (χ4n) is 11.1. The lowest BCUT2D eigenvalue weighted by molar-refractivity contribution is 1.18. The largest absolute Gasteiger partial charge is 0.309 e. The van der Waals surface area contributed by atoms with E-state index in [4.69, 9.17) is 4.98 Å². The molecule has 0 aliphatic carbocycles. The molecule has 6 heterocycles. The summed E-state index contributed by atoms with van der Waals surface area (Å²) in [6.45, 7) is 0. The molecule has 0 N–H and O–H groups in total. The normalized spacial score (nSPS) is 12.7. The SMILES string of the molecule is c1ccc(-n2c3ccccc3c3cc(-c4cccc5c6cccc7c8cc9c(nc8n(c45)c76)c4cc5ccccc5c5c6ccc7ccccc7c6n9c45)ccc32)cc1. The molecule has 0 unspecified atom stereocenters. The van der Waals surface area contributed by atoms with Gasteiger partial charge in [0.25, 0.3) is 0 Å². The average Bonchev–Trinajstić information content (AvgIpc) is 4.08. The Hall–Kier alpha value is -7.95. The van der Waals surface area contributed by atoms with Gasteiger partial charge >= 0.3 is 0 Å². The van der Waals surface area contributed by atoms with E-state index in [0.29, 0.717) is 0 Å². The molecule has 15 rings (SSSR count). The molecule has 0 radical (unpaired) electrons. The highest BCUT2D eigenvalue weighted by Gasteiger charge is 2.26. The molecule has 6 aromatic heterocycles. The molecule has 0 amide bonds. The first-order valence-corrected chi connectivity index (χ1v) is 20.4. The van der Waals surface area contributed by atoms with Gasteiger partial charge in [0, 0.05) is 65.1 Å². The van der Waals surface area contributed by atoms with Crippen molar-refractivity contribution in [2.45, 2.75) is 0 Å². The van der Waals surface area contributed by atoms with Crippen LogP contribution in [0.15, 0.2) is 182 Å². The first kappa shape index (κ1) is 30.2. The van der Waals surface area contributed by atoms with Crippen molar-refractivity contribution in [2.24, 2.45) is 0 Å². The van der Waals surface area contributed by atoms with E-state index in [-0.39, 0.29) is 0 Å². The van der Waals surface area contributed by atoms with E-state index in [0.717, 1.165) is 16.7 Å². The second-order valence-electron chi connectivity index (χ2n) is 16.3. The molecule has 4 heteroatoms. The van der Waals surface area contributed by atoms with Gasteiger partial charge in [-0.05, 0) is 64.2 Å². The van der Waals surface area contributed by atoms with Crippen LogP contribution in [0.25, 0.3) is 137 Å². The highest BCUT2D eigenvalue weighted by atomic mass is 15.0. The third-order valence-corrected chi connectivity index (χ3v) is 13.4. The number of benzene rings is 9. The molecule has 0 fully saturated rings. The predicted octanol–water partition coefficient (Wildman–Crippen LogP) is 14.5. The van der Waals surface area contributed by atoms with E-state index in [1.54, 1.807) is 0 Å². The zero-order valence-corrected chi connectivity index (χ0v) is 31.6. The number of aromatic nitrogens is 4. The van der Waals surface area contributed by atoms with Crippen molar-refractivity contribution in [2.75, 3.05) is 0 Å². The molecule has 15 aromatic rings. The zero-order valence-electron chi connectivity index (χ0n) is 31.6. The maximum Gasteiger partial charge on any atom is 0.146 e. The lowest BCUT2D eigenvalue weighted by Crippen LogP contribution is -1.93. The van der Waals surface area contributed by atoms with Gasteiger partial charge in [-0.3, -0.25) is 4.40 Å². The van der Waals surface area contributed by atoms with Crippen LogP contribution in [0.4, 0.5) is 0 Å². The fourth-order valence-corrected chi connectivity index (χ4v) is 11.1. The summed E-state index contributed by atoms with van der Waals surface area (Å²) in [7, 11) is 0. The molecule has 270 valence electrons. The Morgan fingerprint density at radius 3 is 1.90 bits per heavy atom. The molecular formula is C55H30N4. The van der Waals surface area contributed by atoms with Crippen LogP contribution in [0.3, 0.4) is 0 Å². The topological polar surface area (TPSA) is 26.6 Å². The lowest BCUT2D eigenvalue weighted by atomic mass is 9.99. The monoisotopic (exact) mass is 746 g/mol. The summed E-state index contributed by atoms with van der Waals surface area (Å²) >= 11 is 0. The Morgan fingerprint density at radius 1 is 0.339 bits per heavy atom. The van der Waals surface area contributed by atoms with E-state index >= 15 is 0 Å². The second kappa shape index (κ2) is 10.5. The van der Waals surface area contributed by atoms with Crippen molar-refractivity contribution in [1.82, 2.24) is 18.4 Å². The molecule has 0 bridgehead atoms. The number of hydrogen-bond donors (Lipinski definition) is 0. The molecule has 0 atom stereocenters. The van der Waals surface area contributed by atoms with Crippen LogP contribution in [-0.2, 0) is 0 Å². The van der Waals surface area contributed by atoms with Gasteiger partial charge in [-0.25, -0.2) is 4.98 Å². The van der Waals surface area contributed by atoms with Gasteiger partial charge in [-0.2, -0.15) is 0 Å². The van der Waals surface area contributed by atoms with Crippen LogP contribution in [0.2, 0.25) is 0 Å². The number of fused-ring (bicyclic) bond motifs is 19. The van der Waals surface area contributed by atoms with E-state index in [9.17, 15) is 0 Å². The molecule has 59 heavy (non-hydrogen) atoms. The van der Waals surface area contributed by atoms with Crippen molar-refractivity contribution >= 4 is 120 Å². The molecule has 0 aliphatic rings. The van der Waals surface area contributed by atoms with Gasteiger partial charge in [-0.1, -0.05) is 140 Å². The van der Waals surface area contributed by atoms with Crippen LogP contribution in [-0.4, -0.2) is 18.4 Å². The summed E-state index contributed by atoms with van der Waals surface area (Å²) < 4.78 is 7.39. The Balaban J connectivity index is 1.09. The molecule has 0 aliphatic heterocycles. The second-order valence-corrected chi connectivity index (χ2v) is 16.3. The number of nitrogens with zero attached hydrogens (tertiary/aromatic N) is 4. The highest BCUT2D eigenvalue weighted by Crippen LogP contribution is 2.48. The minimum absolute atomic E-state index is 1.00. The molecule has 0 spiro atoms. The van der Waals surface area contributed by atoms with Crippen molar-refractivity contribution in [1.29, 1.82) is 0 Å². The summed E-state index contributed by atoms with van der Waals surface area (Å²) in [6, 6.07) is 67.2. The molecule has 9 aromatic carbocycles. The van der Waals surface area contributed by atoms with E-state index < -0.39 is 0 Å². The fraction of sp³-hybridized carbons (Fsp3) is 0. The van der Waals surface area contributed by atoms with Gasteiger partial charge in [0.05, 0.1) is 44.1 Å². The van der Waals surface area contributed by atoms with E-state index in [1.807, 2.05) is 0 Å². The van der Waals surface area contributed by atoms with Crippen LogP contribution in [0, 0.1) is 0 Å². The number of para-hydroxylation sites is 4. The van der Waals surface area contributed by atoms with E-state index in [1.165, 1.54) is 120 Å². The summed E-state index contributed by atoms with van der Waals surface area (Å²) in [5, 5.41) is 16.2. The minimum Gasteiger partial charge on any atom is -0.309 e. The number of hydrogen-bond acceptors (Lipinski definition) is 1. The number of rotatable bonds is 2. The Bertz CT molecular complexity index is 4300. The van der Waals surface area contributed by atoms with Crippen LogP contribution < -0.4 is 0 Å². The molecule has 4 nitrogen and oxygen atoms in total. The van der Waals surface area contributed by atoms with Crippen molar-refractivity contribution in [3.8, 4) is 16.8 Å².